The summed E-state index contributed by atoms with van der Waals surface area (Å²) < 4.78 is 10.5. The second-order valence-electron chi connectivity index (χ2n) is 5.43. The number of methoxy groups -OCH3 is 2. The van der Waals surface area contributed by atoms with Crippen LogP contribution in [0.15, 0.2) is 12.1 Å². The Morgan fingerprint density at radius 3 is 2.50 bits per heavy atom. The van der Waals surface area contributed by atoms with Crippen molar-refractivity contribution in [3.63, 3.8) is 0 Å². The molecule has 1 aliphatic heterocycles. The van der Waals surface area contributed by atoms with E-state index in [2.05, 4.69) is 24.5 Å². The highest BCUT2D eigenvalue weighted by Crippen LogP contribution is 2.34. The molecule has 5 nitrogen and oxygen atoms in total. The molecule has 5 heteroatoms. The van der Waals surface area contributed by atoms with Crippen molar-refractivity contribution >= 4 is 11.6 Å². The summed E-state index contributed by atoms with van der Waals surface area (Å²) in [6, 6.07) is 3.66. The van der Waals surface area contributed by atoms with E-state index in [-0.39, 0.29) is 11.9 Å². The maximum absolute atomic E-state index is 12.3. The molecule has 20 heavy (non-hydrogen) atoms. The van der Waals surface area contributed by atoms with E-state index in [0.717, 1.165) is 12.1 Å². The number of hydrogen-bond donors (Lipinski definition) is 2. The Bertz CT molecular complexity index is 500. The third kappa shape index (κ3) is 2.98. The molecule has 0 spiro atoms. The zero-order valence-electron chi connectivity index (χ0n) is 12.4. The van der Waals surface area contributed by atoms with Gasteiger partial charge in [0.05, 0.1) is 25.5 Å². The Morgan fingerprint density at radius 1 is 1.25 bits per heavy atom. The molecule has 2 N–H and O–H groups in total. The van der Waals surface area contributed by atoms with E-state index in [1.807, 2.05) is 6.07 Å². The summed E-state index contributed by atoms with van der Waals surface area (Å²) in [6.07, 6.45) is 0.945. The van der Waals surface area contributed by atoms with Gasteiger partial charge in [-0.2, -0.15) is 0 Å². The van der Waals surface area contributed by atoms with Gasteiger partial charge in [-0.3, -0.25) is 4.79 Å². The second kappa shape index (κ2) is 6.03. The van der Waals surface area contributed by atoms with Crippen molar-refractivity contribution in [2.75, 3.05) is 26.1 Å². The first kappa shape index (κ1) is 14.5. The lowest BCUT2D eigenvalue weighted by Crippen LogP contribution is -2.37. The smallest absolute Gasteiger partial charge is 0.253 e. The van der Waals surface area contributed by atoms with Crippen LogP contribution in [0.25, 0.3) is 0 Å². The topological polar surface area (TPSA) is 59.6 Å². The quantitative estimate of drug-likeness (QED) is 0.887. The Hall–Kier alpha value is -1.91. The van der Waals surface area contributed by atoms with Crippen LogP contribution >= 0.6 is 0 Å². The molecule has 1 amide bonds. The summed E-state index contributed by atoms with van der Waals surface area (Å²) in [6.45, 7) is 5.01. The van der Waals surface area contributed by atoms with Crippen LogP contribution in [0.4, 0.5) is 5.69 Å². The number of carbonyl (C=O) groups excluding carboxylic acids is 1. The van der Waals surface area contributed by atoms with Crippen molar-refractivity contribution in [3.8, 4) is 11.5 Å². The monoisotopic (exact) mass is 278 g/mol. The van der Waals surface area contributed by atoms with Crippen molar-refractivity contribution in [2.24, 2.45) is 5.92 Å². The molecule has 1 unspecified atom stereocenters. The Labute approximate surface area is 119 Å². The van der Waals surface area contributed by atoms with Crippen LogP contribution in [0.5, 0.6) is 11.5 Å². The fourth-order valence-electron chi connectivity index (χ4n) is 2.47. The first-order valence-electron chi connectivity index (χ1n) is 6.86. The molecule has 1 aliphatic rings. The van der Waals surface area contributed by atoms with Crippen molar-refractivity contribution in [1.29, 1.82) is 0 Å². The van der Waals surface area contributed by atoms with Crippen molar-refractivity contribution < 1.29 is 14.3 Å². The number of fused-ring (bicyclic) bond motifs is 1. The predicted octanol–water partition coefficient (Wildman–Crippen LogP) is 2.27. The standard InChI is InChI=1S/C15H22N2O3/c1-9(2)5-10-8-16-12-7-14(20-4)13(19-3)6-11(12)15(18)17-10/h6-7,9-10,16H,5,8H2,1-4H3,(H,17,18). The number of benzene rings is 1. The van der Waals surface area contributed by atoms with Crippen molar-refractivity contribution in [2.45, 2.75) is 26.3 Å². The highest BCUT2D eigenvalue weighted by Gasteiger charge is 2.24. The highest BCUT2D eigenvalue weighted by molar-refractivity contribution is 6.01. The molecule has 110 valence electrons. The Morgan fingerprint density at radius 2 is 1.90 bits per heavy atom. The zero-order chi connectivity index (χ0) is 14.7. The molecule has 1 atom stereocenters. The van der Waals surface area contributed by atoms with Crippen LogP contribution in [-0.4, -0.2) is 32.7 Å². The van der Waals surface area contributed by atoms with Gasteiger partial charge in [0.2, 0.25) is 0 Å². The molecule has 2 rings (SSSR count). The summed E-state index contributed by atoms with van der Waals surface area (Å²) >= 11 is 0. The SMILES string of the molecule is COc1cc2c(cc1OC)C(=O)NC(CC(C)C)CN2. The maximum atomic E-state index is 12.3. The Kier molecular flexibility index (Phi) is 4.37. The number of anilines is 1. The third-order valence-corrected chi connectivity index (χ3v) is 3.40. The van der Waals surface area contributed by atoms with Crippen molar-refractivity contribution in [3.05, 3.63) is 17.7 Å². The predicted molar refractivity (Wildman–Crippen MR) is 78.7 cm³/mol. The first-order valence-corrected chi connectivity index (χ1v) is 6.86. The van der Waals surface area contributed by atoms with E-state index in [1.54, 1.807) is 20.3 Å². The average molecular weight is 278 g/mol. The molecule has 0 radical (unpaired) electrons. The van der Waals surface area contributed by atoms with Gasteiger partial charge in [0.1, 0.15) is 0 Å². The number of carbonyl (C=O) groups is 1. The molecule has 0 fully saturated rings. The van der Waals surface area contributed by atoms with Crippen LogP contribution in [0.2, 0.25) is 0 Å². The minimum atomic E-state index is -0.0726. The number of amides is 1. The molecule has 0 saturated carbocycles. The summed E-state index contributed by atoms with van der Waals surface area (Å²) in [7, 11) is 3.15. The lowest BCUT2D eigenvalue weighted by Gasteiger charge is -2.17. The van der Waals surface area contributed by atoms with Gasteiger partial charge in [-0.05, 0) is 18.4 Å². The van der Waals surface area contributed by atoms with E-state index < -0.39 is 0 Å². The normalized spacial score (nSPS) is 17.9. The minimum Gasteiger partial charge on any atom is -0.493 e. The summed E-state index contributed by atoms with van der Waals surface area (Å²) in [5.74, 6) is 1.64. The van der Waals surface area contributed by atoms with Gasteiger partial charge in [0.25, 0.3) is 5.91 Å². The third-order valence-electron chi connectivity index (χ3n) is 3.40. The van der Waals surface area contributed by atoms with Gasteiger partial charge >= 0.3 is 0 Å². The number of hydrogen-bond acceptors (Lipinski definition) is 4. The number of rotatable bonds is 4. The molecule has 0 saturated heterocycles. The van der Waals surface area contributed by atoms with E-state index in [0.29, 0.717) is 29.5 Å². The van der Waals surface area contributed by atoms with Crippen LogP contribution in [0.3, 0.4) is 0 Å². The zero-order valence-corrected chi connectivity index (χ0v) is 12.4. The molecule has 0 bridgehead atoms. The van der Waals surface area contributed by atoms with E-state index in [4.69, 9.17) is 9.47 Å². The van der Waals surface area contributed by atoms with Gasteiger partial charge < -0.3 is 20.1 Å². The molecule has 1 aromatic carbocycles. The van der Waals surface area contributed by atoms with Gasteiger partial charge in [0, 0.05) is 18.7 Å². The van der Waals surface area contributed by atoms with Gasteiger partial charge in [-0.25, -0.2) is 0 Å². The average Bonchev–Trinajstić information content (AvgIpc) is 2.56. The fraction of sp³-hybridized carbons (Fsp3) is 0.533. The Balaban J connectivity index is 2.30. The molecular weight excluding hydrogens is 256 g/mol. The van der Waals surface area contributed by atoms with Crippen molar-refractivity contribution in [1.82, 2.24) is 5.32 Å². The van der Waals surface area contributed by atoms with Crippen LogP contribution in [0, 0.1) is 5.92 Å². The highest BCUT2D eigenvalue weighted by atomic mass is 16.5. The molecule has 1 heterocycles. The van der Waals surface area contributed by atoms with Gasteiger partial charge in [-0.1, -0.05) is 13.8 Å². The molecular formula is C15H22N2O3. The molecule has 0 aliphatic carbocycles. The largest absolute Gasteiger partial charge is 0.493 e. The van der Waals surface area contributed by atoms with Crippen LogP contribution in [0.1, 0.15) is 30.6 Å². The first-order chi connectivity index (χ1) is 9.55. The maximum Gasteiger partial charge on any atom is 0.253 e. The van der Waals surface area contributed by atoms with Crippen LogP contribution in [-0.2, 0) is 0 Å². The minimum absolute atomic E-state index is 0.0726. The van der Waals surface area contributed by atoms with E-state index in [9.17, 15) is 4.79 Å². The number of nitrogens with one attached hydrogen (secondary N) is 2. The molecule has 1 aromatic rings. The molecule has 0 aromatic heterocycles. The van der Waals surface area contributed by atoms with Gasteiger partial charge in [-0.15, -0.1) is 0 Å². The van der Waals surface area contributed by atoms with E-state index in [1.165, 1.54) is 0 Å². The van der Waals surface area contributed by atoms with E-state index >= 15 is 0 Å². The lowest BCUT2D eigenvalue weighted by atomic mass is 10.0. The van der Waals surface area contributed by atoms with Crippen LogP contribution < -0.4 is 20.1 Å². The summed E-state index contributed by atoms with van der Waals surface area (Å²) in [5.41, 5.74) is 1.38. The van der Waals surface area contributed by atoms with Gasteiger partial charge in [0.15, 0.2) is 11.5 Å². The summed E-state index contributed by atoms with van der Waals surface area (Å²) in [4.78, 5) is 12.3. The number of ether oxygens (including phenoxy) is 2. The lowest BCUT2D eigenvalue weighted by molar-refractivity contribution is 0.0938. The fourth-order valence-corrected chi connectivity index (χ4v) is 2.47. The summed E-state index contributed by atoms with van der Waals surface area (Å²) in [5, 5.41) is 6.38. The second-order valence-corrected chi connectivity index (χ2v) is 5.43.